The van der Waals surface area contributed by atoms with Gasteiger partial charge in [-0.1, -0.05) is 32.6 Å². The predicted octanol–water partition coefficient (Wildman–Crippen LogP) is 2.93. The third kappa shape index (κ3) is 6.40. The fourth-order valence-corrected chi connectivity index (χ4v) is 3.15. The van der Waals surface area contributed by atoms with Crippen molar-refractivity contribution in [2.24, 2.45) is 5.92 Å². The largest absolute Gasteiger partial charge is 0.479 e. The molecule has 0 aliphatic heterocycles. The Bertz CT molecular complexity index is 400. The summed E-state index contributed by atoms with van der Waals surface area (Å²) in [7, 11) is 0. The van der Waals surface area contributed by atoms with Gasteiger partial charge in [0.2, 0.25) is 0 Å². The molecule has 0 amide bonds. The summed E-state index contributed by atoms with van der Waals surface area (Å²) in [6.07, 6.45) is 7.45. The van der Waals surface area contributed by atoms with Crippen molar-refractivity contribution in [1.82, 2.24) is 0 Å². The third-order valence-electron chi connectivity index (χ3n) is 4.66. The van der Waals surface area contributed by atoms with Gasteiger partial charge in [0, 0.05) is 0 Å². The normalized spacial score (nSPS) is 20.7. The maximum atomic E-state index is 12.1. The van der Waals surface area contributed by atoms with Crippen LogP contribution in [0, 0.1) is 5.92 Å². The quantitative estimate of drug-likeness (QED) is 0.434. The maximum absolute atomic E-state index is 12.1. The SMILES string of the molecule is CCCC[C@H](OC1CC1)C(=O)OCCO[C@H](C(=O)O)C1CCCC1. The Labute approximate surface area is 143 Å². The molecule has 2 fully saturated rings. The average Bonchev–Trinajstić information content (AvgIpc) is 3.22. The molecular formula is C18H30O6. The van der Waals surface area contributed by atoms with Crippen LogP contribution in [0.15, 0.2) is 0 Å². The highest BCUT2D eigenvalue weighted by Gasteiger charge is 2.32. The van der Waals surface area contributed by atoms with E-state index in [0.29, 0.717) is 6.42 Å². The van der Waals surface area contributed by atoms with E-state index in [2.05, 4.69) is 6.92 Å². The van der Waals surface area contributed by atoms with Gasteiger partial charge in [0.25, 0.3) is 0 Å². The number of hydrogen-bond donors (Lipinski definition) is 1. The van der Waals surface area contributed by atoms with Crippen LogP contribution >= 0.6 is 0 Å². The smallest absolute Gasteiger partial charge is 0.335 e. The monoisotopic (exact) mass is 342 g/mol. The van der Waals surface area contributed by atoms with Crippen LogP contribution in [0.25, 0.3) is 0 Å². The summed E-state index contributed by atoms with van der Waals surface area (Å²) in [4.78, 5) is 23.4. The minimum atomic E-state index is -0.925. The molecule has 2 rings (SSSR count). The van der Waals surface area contributed by atoms with E-state index in [9.17, 15) is 14.7 Å². The van der Waals surface area contributed by atoms with E-state index < -0.39 is 18.2 Å². The number of hydrogen-bond acceptors (Lipinski definition) is 5. The molecule has 0 unspecified atom stereocenters. The van der Waals surface area contributed by atoms with Gasteiger partial charge in [0.15, 0.2) is 12.2 Å². The highest BCUT2D eigenvalue weighted by atomic mass is 16.6. The molecule has 0 bridgehead atoms. The summed E-state index contributed by atoms with van der Waals surface area (Å²) in [6, 6.07) is 0. The summed E-state index contributed by atoms with van der Waals surface area (Å²) in [6.45, 7) is 2.26. The van der Waals surface area contributed by atoms with Gasteiger partial charge in [-0.15, -0.1) is 0 Å². The summed E-state index contributed by atoms with van der Waals surface area (Å²) in [5, 5.41) is 9.28. The minimum absolute atomic E-state index is 0.0754. The van der Waals surface area contributed by atoms with Gasteiger partial charge < -0.3 is 19.3 Å². The van der Waals surface area contributed by atoms with Crippen LogP contribution in [0.2, 0.25) is 0 Å². The van der Waals surface area contributed by atoms with Gasteiger partial charge in [-0.2, -0.15) is 0 Å². The zero-order valence-corrected chi connectivity index (χ0v) is 14.6. The topological polar surface area (TPSA) is 82.1 Å². The van der Waals surface area contributed by atoms with Crippen LogP contribution in [0.4, 0.5) is 0 Å². The Balaban J connectivity index is 1.68. The van der Waals surface area contributed by atoms with Crippen LogP contribution in [0.1, 0.15) is 64.7 Å². The lowest BCUT2D eigenvalue weighted by Gasteiger charge is -2.20. The van der Waals surface area contributed by atoms with Crippen molar-refractivity contribution in [3.63, 3.8) is 0 Å². The lowest BCUT2D eigenvalue weighted by Crippen LogP contribution is -2.33. The van der Waals surface area contributed by atoms with Crippen molar-refractivity contribution < 1.29 is 28.9 Å². The van der Waals surface area contributed by atoms with Gasteiger partial charge in [-0.3, -0.25) is 0 Å². The fourth-order valence-electron chi connectivity index (χ4n) is 3.15. The number of unbranched alkanes of at least 4 members (excludes halogenated alkanes) is 1. The maximum Gasteiger partial charge on any atom is 0.335 e. The first-order valence-electron chi connectivity index (χ1n) is 9.28. The van der Waals surface area contributed by atoms with Gasteiger partial charge in [0.05, 0.1) is 12.7 Å². The predicted molar refractivity (Wildman–Crippen MR) is 87.7 cm³/mol. The lowest BCUT2D eigenvalue weighted by molar-refractivity contribution is -0.164. The molecule has 6 nitrogen and oxygen atoms in total. The van der Waals surface area contributed by atoms with E-state index in [4.69, 9.17) is 14.2 Å². The van der Waals surface area contributed by atoms with Gasteiger partial charge in [-0.05, 0) is 38.0 Å². The first-order valence-corrected chi connectivity index (χ1v) is 9.28. The molecule has 2 saturated carbocycles. The number of aliphatic carboxylic acids is 1. The Hall–Kier alpha value is -1.14. The van der Waals surface area contributed by atoms with Gasteiger partial charge in [-0.25, -0.2) is 9.59 Å². The number of carboxylic acids is 1. The molecule has 0 saturated heterocycles. The van der Waals surface area contributed by atoms with Crippen LogP contribution in [0.5, 0.6) is 0 Å². The van der Waals surface area contributed by atoms with Crippen molar-refractivity contribution >= 4 is 11.9 Å². The molecule has 138 valence electrons. The number of carbonyl (C=O) groups excluding carboxylic acids is 1. The Morgan fingerprint density at radius 1 is 1.12 bits per heavy atom. The van der Waals surface area contributed by atoms with Crippen LogP contribution < -0.4 is 0 Å². The Kier molecular flexibility index (Phi) is 7.99. The van der Waals surface area contributed by atoms with Crippen molar-refractivity contribution in [2.45, 2.75) is 83.0 Å². The van der Waals surface area contributed by atoms with E-state index in [1.54, 1.807) is 0 Å². The van der Waals surface area contributed by atoms with Crippen molar-refractivity contribution in [2.75, 3.05) is 13.2 Å². The first kappa shape index (κ1) is 19.2. The molecule has 24 heavy (non-hydrogen) atoms. The molecule has 2 aliphatic rings. The third-order valence-corrected chi connectivity index (χ3v) is 4.66. The molecule has 0 spiro atoms. The molecule has 6 heteroatoms. The van der Waals surface area contributed by atoms with Crippen LogP contribution in [-0.4, -0.2) is 48.6 Å². The number of esters is 1. The molecule has 2 atom stereocenters. The molecule has 0 heterocycles. The lowest BCUT2D eigenvalue weighted by atomic mass is 10.0. The van der Waals surface area contributed by atoms with Crippen molar-refractivity contribution in [3.05, 3.63) is 0 Å². The second-order valence-electron chi connectivity index (χ2n) is 6.81. The number of ether oxygens (including phenoxy) is 3. The zero-order valence-electron chi connectivity index (χ0n) is 14.6. The minimum Gasteiger partial charge on any atom is -0.479 e. The highest BCUT2D eigenvalue weighted by molar-refractivity contribution is 5.74. The molecule has 1 N–H and O–H groups in total. The fraction of sp³-hybridized carbons (Fsp3) is 0.889. The van der Waals surface area contributed by atoms with E-state index in [0.717, 1.165) is 51.4 Å². The molecule has 2 aliphatic carbocycles. The van der Waals surface area contributed by atoms with E-state index in [-0.39, 0.29) is 31.2 Å². The number of carbonyl (C=O) groups is 2. The van der Waals surface area contributed by atoms with Crippen molar-refractivity contribution in [1.29, 1.82) is 0 Å². The molecule has 0 radical (unpaired) electrons. The highest BCUT2D eigenvalue weighted by Crippen LogP contribution is 2.29. The summed E-state index contributed by atoms with van der Waals surface area (Å²) in [5.41, 5.74) is 0. The second-order valence-corrected chi connectivity index (χ2v) is 6.81. The summed E-state index contributed by atoms with van der Waals surface area (Å²) in [5.74, 6) is -1.20. The number of rotatable bonds is 12. The van der Waals surface area contributed by atoms with E-state index in [1.165, 1.54) is 0 Å². The Morgan fingerprint density at radius 2 is 1.83 bits per heavy atom. The average molecular weight is 342 g/mol. The van der Waals surface area contributed by atoms with Crippen LogP contribution in [-0.2, 0) is 23.8 Å². The standard InChI is InChI=1S/C18H30O6/c1-2-3-8-15(24-14-9-10-14)18(21)23-12-11-22-16(17(19)20)13-6-4-5-7-13/h13-16H,2-12H2,1H3,(H,19,20)/t15-,16-/m0/s1. The molecule has 0 aromatic carbocycles. The van der Waals surface area contributed by atoms with Gasteiger partial charge >= 0.3 is 11.9 Å². The Morgan fingerprint density at radius 3 is 2.42 bits per heavy atom. The number of carboxylic acid groups (broad SMARTS) is 1. The summed E-state index contributed by atoms with van der Waals surface area (Å²) < 4.78 is 16.4. The van der Waals surface area contributed by atoms with Crippen molar-refractivity contribution in [3.8, 4) is 0 Å². The van der Waals surface area contributed by atoms with Crippen LogP contribution in [0.3, 0.4) is 0 Å². The van der Waals surface area contributed by atoms with Gasteiger partial charge in [0.1, 0.15) is 6.61 Å². The first-order chi connectivity index (χ1) is 11.6. The second kappa shape index (κ2) is 9.99. The molecule has 0 aromatic heterocycles. The van der Waals surface area contributed by atoms with E-state index >= 15 is 0 Å². The summed E-state index contributed by atoms with van der Waals surface area (Å²) >= 11 is 0. The van der Waals surface area contributed by atoms with E-state index in [1.807, 2.05) is 0 Å². The molecule has 0 aromatic rings. The molecular weight excluding hydrogens is 312 g/mol. The zero-order chi connectivity index (χ0) is 17.4.